The van der Waals surface area contributed by atoms with Crippen LogP contribution in [-0.2, 0) is 13.0 Å². The molecule has 1 amide bonds. The Bertz CT molecular complexity index is 899. The standard InChI is InChI=1S/C25H33N3O2/c1-18-15-20-5-3-4-6-23(20)28(18)17-24-22(10-14-30-24)25(29)27-13-9-21(16-27)19-7-11-26(2)12-8-19/h3-6,10,14,18-19,21H,7-9,11-13,15-17H2,1-2H3/t18-,21-/m0/s1. The number of furan rings is 1. The third kappa shape index (κ3) is 3.64. The first kappa shape index (κ1) is 19.7. The molecule has 5 heteroatoms. The number of benzene rings is 1. The lowest BCUT2D eigenvalue weighted by atomic mass is 9.84. The number of amides is 1. The Labute approximate surface area is 179 Å². The summed E-state index contributed by atoms with van der Waals surface area (Å²) >= 11 is 0. The summed E-state index contributed by atoms with van der Waals surface area (Å²) in [5.74, 6) is 2.37. The van der Waals surface area contributed by atoms with Gasteiger partial charge >= 0.3 is 0 Å². The van der Waals surface area contributed by atoms with Crippen LogP contribution in [0.4, 0.5) is 5.69 Å². The predicted octanol–water partition coefficient (Wildman–Crippen LogP) is 4.03. The minimum atomic E-state index is 0.148. The van der Waals surface area contributed by atoms with Gasteiger partial charge < -0.3 is 19.1 Å². The van der Waals surface area contributed by atoms with E-state index in [1.165, 1.54) is 37.2 Å². The Hall–Kier alpha value is -2.27. The van der Waals surface area contributed by atoms with E-state index in [1.54, 1.807) is 6.26 Å². The number of carbonyl (C=O) groups is 1. The average molecular weight is 408 g/mol. The Morgan fingerprint density at radius 3 is 2.67 bits per heavy atom. The van der Waals surface area contributed by atoms with Crippen LogP contribution in [0.1, 0.15) is 47.9 Å². The minimum Gasteiger partial charge on any atom is -0.467 e. The molecule has 0 unspecified atom stereocenters. The van der Waals surface area contributed by atoms with E-state index in [1.807, 2.05) is 6.07 Å². The van der Waals surface area contributed by atoms with Crippen LogP contribution in [-0.4, -0.2) is 55.0 Å². The second kappa shape index (κ2) is 8.10. The smallest absolute Gasteiger partial charge is 0.257 e. The zero-order valence-electron chi connectivity index (χ0n) is 18.2. The molecule has 0 spiro atoms. The van der Waals surface area contributed by atoms with E-state index >= 15 is 0 Å². The molecule has 2 atom stereocenters. The SMILES string of the molecule is C[C@H]1Cc2ccccc2N1Cc1occc1C(=O)N1CC[C@H](C2CCN(C)CC2)C1. The molecule has 1 aromatic carbocycles. The molecule has 0 N–H and O–H groups in total. The van der Waals surface area contributed by atoms with Crippen LogP contribution < -0.4 is 4.90 Å². The lowest BCUT2D eigenvalue weighted by molar-refractivity contribution is 0.0773. The second-order valence-corrected chi connectivity index (χ2v) is 9.51. The predicted molar refractivity (Wildman–Crippen MR) is 119 cm³/mol. The summed E-state index contributed by atoms with van der Waals surface area (Å²) in [7, 11) is 2.21. The highest BCUT2D eigenvalue weighted by Gasteiger charge is 2.35. The second-order valence-electron chi connectivity index (χ2n) is 9.51. The summed E-state index contributed by atoms with van der Waals surface area (Å²) < 4.78 is 5.83. The van der Waals surface area contributed by atoms with E-state index in [0.29, 0.717) is 18.5 Å². The Morgan fingerprint density at radius 2 is 1.83 bits per heavy atom. The van der Waals surface area contributed by atoms with Gasteiger partial charge in [-0.3, -0.25) is 4.79 Å². The van der Waals surface area contributed by atoms with Crippen molar-refractivity contribution in [1.82, 2.24) is 9.80 Å². The van der Waals surface area contributed by atoms with Crippen LogP contribution in [0.5, 0.6) is 0 Å². The third-order valence-corrected chi connectivity index (χ3v) is 7.58. The highest BCUT2D eigenvalue weighted by Crippen LogP contribution is 2.35. The fraction of sp³-hybridized carbons (Fsp3) is 0.560. The third-order valence-electron chi connectivity index (χ3n) is 7.58. The summed E-state index contributed by atoms with van der Waals surface area (Å²) in [6.45, 7) is 7.06. The number of likely N-dealkylation sites (tertiary alicyclic amines) is 2. The molecular formula is C25H33N3O2. The van der Waals surface area contributed by atoms with Crippen molar-refractivity contribution >= 4 is 11.6 Å². The number of carbonyl (C=O) groups excluding carboxylic acids is 1. The maximum Gasteiger partial charge on any atom is 0.257 e. The van der Waals surface area contributed by atoms with Gasteiger partial charge in [0.05, 0.1) is 18.4 Å². The van der Waals surface area contributed by atoms with Gasteiger partial charge in [-0.2, -0.15) is 0 Å². The molecule has 1 aromatic heterocycles. The summed E-state index contributed by atoms with van der Waals surface area (Å²) in [6.07, 6.45) is 6.41. The minimum absolute atomic E-state index is 0.148. The van der Waals surface area contributed by atoms with Crippen molar-refractivity contribution in [2.24, 2.45) is 11.8 Å². The monoisotopic (exact) mass is 407 g/mol. The van der Waals surface area contributed by atoms with Crippen LogP contribution in [0, 0.1) is 11.8 Å². The summed E-state index contributed by atoms with van der Waals surface area (Å²) in [6, 6.07) is 10.9. The van der Waals surface area contributed by atoms with Crippen molar-refractivity contribution in [2.45, 2.75) is 45.2 Å². The van der Waals surface area contributed by atoms with Crippen LogP contribution >= 0.6 is 0 Å². The first-order valence-electron chi connectivity index (χ1n) is 11.5. The number of hydrogen-bond donors (Lipinski definition) is 0. The lowest BCUT2D eigenvalue weighted by Gasteiger charge is -2.32. The Kier molecular flexibility index (Phi) is 5.32. The van der Waals surface area contributed by atoms with Crippen LogP contribution in [0.2, 0.25) is 0 Å². The van der Waals surface area contributed by atoms with E-state index in [2.05, 4.69) is 52.9 Å². The first-order chi connectivity index (χ1) is 14.6. The number of rotatable bonds is 4. The van der Waals surface area contributed by atoms with Crippen molar-refractivity contribution < 1.29 is 9.21 Å². The van der Waals surface area contributed by atoms with E-state index in [0.717, 1.165) is 43.2 Å². The maximum atomic E-state index is 13.3. The molecule has 160 valence electrons. The van der Waals surface area contributed by atoms with E-state index in [-0.39, 0.29) is 5.91 Å². The zero-order valence-corrected chi connectivity index (χ0v) is 18.2. The number of fused-ring (bicyclic) bond motifs is 1. The number of anilines is 1. The molecule has 2 fully saturated rings. The van der Waals surface area contributed by atoms with Gasteiger partial charge in [-0.1, -0.05) is 18.2 Å². The summed E-state index contributed by atoms with van der Waals surface area (Å²) in [5, 5.41) is 0. The largest absolute Gasteiger partial charge is 0.467 e. The van der Waals surface area contributed by atoms with Crippen molar-refractivity contribution in [3.8, 4) is 0 Å². The summed E-state index contributed by atoms with van der Waals surface area (Å²) in [4.78, 5) is 20.2. The van der Waals surface area contributed by atoms with Gasteiger partial charge in [0.25, 0.3) is 5.91 Å². The van der Waals surface area contributed by atoms with Crippen LogP contribution in [0.25, 0.3) is 0 Å². The highest BCUT2D eigenvalue weighted by molar-refractivity contribution is 5.95. The molecule has 0 bridgehead atoms. The fourth-order valence-corrected chi connectivity index (χ4v) is 5.71. The molecule has 0 radical (unpaired) electrons. The van der Waals surface area contributed by atoms with Crippen molar-refractivity contribution in [2.75, 3.05) is 38.1 Å². The van der Waals surface area contributed by atoms with Crippen molar-refractivity contribution in [1.29, 1.82) is 0 Å². The fourth-order valence-electron chi connectivity index (χ4n) is 5.71. The maximum absolute atomic E-state index is 13.3. The van der Waals surface area contributed by atoms with Crippen molar-refractivity contribution in [3.63, 3.8) is 0 Å². The van der Waals surface area contributed by atoms with Crippen molar-refractivity contribution in [3.05, 3.63) is 53.5 Å². The number of nitrogens with zero attached hydrogens (tertiary/aromatic N) is 3. The van der Waals surface area contributed by atoms with Gasteiger partial charge in [-0.25, -0.2) is 0 Å². The Balaban J connectivity index is 1.27. The molecule has 0 saturated carbocycles. The number of para-hydroxylation sites is 1. The normalized spacial score (nSPS) is 25.1. The topological polar surface area (TPSA) is 39.9 Å². The summed E-state index contributed by atoms with van der Waals surface area (Å²) in [5.41, 5.74) is 3.39. The van der Waals surface area contributed by atoms with Gasteiger partial charge in [-0.15, -0.1) is 0 Å². The van der Waals surface area contributed by atoms with Gasteiger partial charge in [0.1, 0.15) is 5.76 Å². The van der Waals surface area contributed by atoms with E-state index < -0.39 is 0 Å². The zero-order chi connectivity index (χ0) is 20.7. The van der Waals surface area contributed by atoms with Gasteiger partial charge in [0.2, 0.25) is 0 Å². The quantitative estimate of drug-likeness (QED) is 0.767. The Morgan fingerprint density at radius 1 is 1.07 bits per heavy atom. The van der Waals surface area contributed by atoms with Gasteiger partial charge in [-0.05, 0) is 82.3 Å². The molecule has 5 rings (SSSR count). The lowest BCUT2D eigenvalue weighted by Crippen LogP contribution is -2.35. The molecule has 2 aromatic rings. The molecule has 30 heavy (non-hydrogen) atoms. The number of piperidine rings is 1. The average Bonchev–Trinajstić information content (AvgIpc) is 3.48. The van der Waals surface area contributed by atoms with Crippen LogP contribution in [0.3, 0.4) is 0 Å². The van der Waals surface area contributed by atoms with E-state index in [4.69, 9.17) is 4.42 Å². The molecular weight excluding hydrogens is 374 g/mol. The molecule has 3 aliphatic rings. The van der Waals surface area contributed by atoms with Gasteiger partial charge in [0, 0.05) is 24.8 Å². The number of hydrogen-bond acceptors (Lipinski definition) is 4. The molecule has 4 heterocycles. The highest BCUT2D eigenvalue weighted by atomic mass is 16.3. The van der Waals surface area contributed by atoms with Crippen LogP contribution in [0.15, 0.2) is 41.0 Å². The molecule has 3 aliphatic heterocycles. The van der Waals surface area contributed by atoms with E-state index in [9.17, 15) is 4.79 Å². The first-order valence-corrected chi connectivity index (χ1v) is 11.5. The molecule has 0 aliphatic carbocycles. The molecule has 5 nitrogen and oxygen atoms in total. The molecule has 2 saturated heterocycles. The van der Waals surface area contributed by atoms with Gasteiger partial charge in [0.15, 0.2) is 0 Å².